The van der Waals surface area contributed by atoms with E-state index in [0.29, 0.717) is 19.1 Å². The molecule has 6 heteroatoms. The van der Waals surface area contributed by atoms with Crippen molar-refractivity contribution in [1.82, 2.24) is 10.2 Å². The Morgan fingerprint density at radius 1 is 1.25 bits per heavy atom. The van der Waals surface area contributed by atoms with Crippen molar-refractivity contribution < 1.29 is 4.74 Å². The van der Waals surface area contributed by atoms with E-state index in [0.717, 1.165) is 27.3 Å². The van der Waals surface area contributed by atoms with E-state index in [-0.39, 0.29) is 0 Å². The summed E-state index contributed by atoms with van der Waals surface area (Å²) in [6, 6.07) is 7.67. The van der Waals surface area contributed by atoms with Crippen molar-refractivity contribution in [3.05, 3.63) is 39.9 Å². The summed E-state index contributed by atoms with van der Waals surface area (Å²) >= 11 is 7.42. The molecule has 0 aliphatic rings. The van der Waals surface area contributed by atoms with Crippen LogP contribution in [0, 0.1) is 0 Å². The largest absolute Gasteiger partial charge is 0.375 e. The summed E-state index contributed by atoms with van der Waals surface area (Å²) in [5.41, 5.74) is 1.12. The van der Waals surface area contributed by atoms with E-state index in [9.17, 15) is 0 Å². The van der Waals surface area contributed by atoms with Gasteiger partial charge in [0.15, 0.2) is 0 Å². The first kappa shape index (κ1) is 15.2. The zero-order valence-electron chi connectivity index (χ0n) is 11.6. The fourth-order valence-electron chi connectivity index (χ4n) is 1.54. The Morgan fingerprint density at radius 3 is 2.65 bits per heavy atom. The number of ether oxygens (including phenoxy) is 1. The van der Waals surface area contributed by atoms with Crippen LogP contribution in [0.25, 0.3) is 0 Å². The Hall–Kier alpha value is -1.17. The molecule has 0 amide bonds. The predicted octanol–water partition coefficient (Wildman–Crippen LogP) is 3.94. The van der Waals surface area contributed by atoms with E-state index in [1.807, 2.05) is 24.3 Å². The molecule has 0 aliphatic heterocycles. The summed E-state index contributed by atoms with van der Waals surface area (Å²) in [6.07, 6.45) is 0. The second-order valence-electron chi connectivity index (χ2n) is 4.71. The molecular formula is C14H18ClN3OS. The van der Waals surface area contributed by atoms with Crippen molar-refractivity contribution in [2.45, 2.75) is 26.4 Å². The first-order valence-corrected chi connectivity index (χ1v) is 7.74. The molecule has 0 aliphatic carbocycles. The van der Waals surface area contributed by atoms with Crippen LogP contribution in [-0.4, -0.2) is 23.3 Å². The van der Waals surface area contributed by atoms with E-state index < -0.39 is 0 Å². The molecule has 1 heterocycles. The lowest BCUT2D eigenvalue weighted by Crippen LogP contribution is -2.09. The fraction of sp³-hybridized carbons (Fsp3) is 0.429. The normalized spacial score (nSPS) is 11.0. The van der Waals surface area contributed by atoms with Crippen LogP contribution < -0.4 is 5.32 Å². The van der Waals surface area contributed by atoms with E-state index in [2.05, 4.69) is 29.4 Å². The Balaban J connectivity index is 1.65. The number of hydrogen-bond donors (Lipinski definition) is 1. The van der Waals surface area contributed by atoms with Gasteiger partial charge in [-0.15, -0.1) is 10.2 Å². The molecule has 108 valence electrons. The average molecular weight is 312 g/mol. The van der Waals surface area contributed by atoms with E-state index in [1.54, 1.807) is 11.3 Å². The summed E-state index contributed by atoms with van der Waals surface area (Å²) in [7, 11) is 0. The van der Waals surface area contributed by atoms with Crippen LogP contribution in [0.4, 0.5) is 5.13 Å². The average Bonchev–Trinajstić information content (AvgIpc) is 2.89. The lowest BCUT2D eigenvalue weighted by molar-refractivity contribution is 0.130. The number of halogens is 1. The third-order valence-electron chi connectivity index (χ3n) is 2.64. The zero-order chi connectivity index (χ0) is 14.4. The second kappa shape index (κ2) is 7.57. The van der Waals surface area contributed by atoms with Gasteiger partial charge in [0.2, 0.25) is 5.13 Å². The van der Waals surface area contributed by atoms with Gasteiger partial charge in [-0.3, -0.25) is 0 Å². The van der Waals surface area contributed by atoms with Crippen molar-refractivity contribution in [2.24, 2.45) is 0 Å². The molecule has 1 N–H and O–H groups in total. The smallest absolute Gasteiger partial charge is 0.205 e. The standard InChI is InChI=1S/C14H18ClN3OS/c1-10(2)13-17-18-14(20-13)16-7-8-19-9-11-3-5-12(15)6-4-11/h3-6,10H,7-9H2,1-2H3,(H,16,18). The van der Waals surface area contributed by atoms with Gasteiger partial charge in [-0.25, -0.2) is 0 Å². The van der Waals surface area contributed by atoms with Gasteiger partial charge < -0.3 is 10.1 Å². The minimum Gasteiger partial charge on any atom is -0.375 e. The molecule has 0 saturated heterocycles. The maximum Gasteiger partial charge on any atom is 0.205 e. The predicted molar refractivity (Wildman–Crippen MR) is 83.6 cm³/mol. The Bertz CT molecular complexity index is 527. The summed E-state index contributed by atoms with van der Waals surface area (Å²) in [4.78, 5) is 0. The molecule has 0 fully saturated rings. The van der Waals surface area contributed by atoms with Crippen LogP contribution in [0.15, 0.2) is 24.3 Å². The van der Waals surface area contributed by atoms with Gasteiger partial charge in [0.25, 0.3) is 0 Å². The van der Waals surface area contributed by atoms with E-state index >= 15 is 0 Å². The summed E-state index contributed by atoms with van der Waals surface area (Å²) in [5, 5.41) is 14.1. The highest BCUT2D eigenvalue weighted by Crippen LogP contribution is 2.21. The molecule has 4 nitrogen and oxygen atoms in total. The molecule has 20 heavy (non-hydrogen) atoms. The van der Waals surface area contributed by atoms with Gasteiger partial charge in [0.1, 0.15) is 5.01 Å². The molecule has 2 rings (SSSR count). The lowest BCUT2D eigenvalue weighted by atomic mass is 10.2. The summed E-state index contributed by atoms with van der Waals surface area (Å²) in [6.45, 7) is 6.16. The summed E-state index contributed by atoms with van der Waals surface area (Å²) in [5.74, 6) is 0.421. The summed E-state index contributed by atoms with van der Waals surface area (Å²) < 4.78 is 5.59. The number of aromatic nitrogens is 2. The molecule has 0 unspecified atom stereocenters. The van der Waals surface area contributed by atoms with Crippen LogP contribution in [-0.2, 0) is 11.3 Å². The van der Waals surface area contributed by atoms with Crippen LogP contribution in [0.1, 0.15) is 30.3 Å². The van der Waals surface area contributed by atoms with Crippen molar-refractivity contribution >= 4 is 28.1 Å². The number of anilines is 1. The number of rotatable bonds is 7. The quantitative estimate of drug-likeness (QED) is 0.787. The third-order valence-corrected chi connectivity index (χ3v) is 4.07. The monoisotopic (exact) mass is 311 g/mol. The molecule has 1 aromatic carbocycles. The first-order chi connectivity index (χ1) is 9.65. The van der Waals surface area contributed by atoms with Crippen LogP contribution in [0.5, 0.6) is 0 Å². The molecule has 0 atom stereocenters. The van der Waals surface area contributed by atoms with Crippen molar-refractivity contribution in [2.75, 3.05) is 18.5 Å². The van der Waals surface area contributed by atoms with Gasteiger partial charge in [-0.1, -0.05) is 48.9 Å². The second-order valence-corrected chi connectivity index (χ2v) is 6.15. The molecular weight excluding hydrogens is 294 g/mol. The topological polar surface area (TPSA) is 47.0 Å². The van der Waals surface area contributed by atoms with E-state index in [1.165, 1.54) is 0 Å². The number of benzene rings is 1. The minimum atomic E-state index is 0.421. The molecule has 0 bridgehead atoms. The van der Waals surface area contributed by atoms with Gasteiger partial charge >= 0.3 is 0 Å². The highest BCUT2D eigenvalue weighted by molar-refractivity contribution is 7.15. The third kappa shape index (κ3) is 4.74. The van der Waals surface area contributed by atoms with Crippen molar-refractivity contribution in [3.8, 4) is 0 Å². The van der Waals surface area contributed by atoms with E-state index in [4.69, 9.17) is 16.3 Å². The molecule has 0 saturated carbocycles. The fourth-order valence-corrected chi connectivity index (χ4v) is 2.44. The molecule has 2 aromatic rings. The number of nitrogens with zero attached hydrogens (tertiary/aromatic N) is 2. The van der Waals surface area contributed by atoms with Gasteiger partial charge in [-0.05, 0) is 17.7 Å². The molecule has 1 aromatic heterocycles. The maximum atomic E-state index is 5.82. The van der Waals surface area contributed by atoms with Crippen molar-refractivity contribution in [1.29, 1.82) is 0 Å². The van der Waals surface area contributed by atoms with Gasteiger partial charge in [0, 0.05) is 17.5 Å². The molecule has 0 spiro atoms. The molecule has 0 radical (unpaired) electrons. The Labute approximate surface area is 128 Å². The maximum absolute atomic E-state index is 5.82. The van der Waals surface area contributed by atoms with Crippen LogP contribution in [0.3, 0.4) is 0 Å². The zero-order valence-corrected chi connectivity index (χ0v) is 13.2. The highest BCUT2D eigenvalue weighted by atomic mass is 35.5. The first-order valence-electron chi connectivity index (χ1n) is 6.54. The Kier molecular flexibility index (Phi) is 5.76. The van der Waals surface area contributed by atoms with Gasteiger partial charge in [-0.2, -0.15) is 0 Å². The van der Waals surface area contributed by atoms with Crippen LogP contribution in [0.2, 0.25) is 5.02 Å². The SMILES string of the molecule is CC(C)c1nnc(NCCOCc2ccc(Cl)cc2)s1. The highest BCUT2D eigenvalue weighted by Gasteiger charge is 2.06. The minimum absolute atomic E-state index is 0.421. The van der Waals surface area contributed by atoms with Gasteiger partial charge in [0.05, 0.1) is 13.2 Å². The lowest BCUT2D eigenvalue weighted by Gasteiger charge is -2.05. The Morgan fingerprint density at radius 2 is 2.00 bits per heavy atom. The van der Waals surface area contributed by atoms with Crippen molar-refractivity contribution in [3.63, 3.8) is 0 Å². The number of nitrogens with one attached hydrogen (secondary N) is 1. The van der Waals surface area contributed by atoms with Crippen LogP contribution >= 0.6 is 22.9 Å². The number of hydrogen-bond acceptors (Lipinski definition) is 5.